The van der Waals surface area contributed by atoms with Gasteiger partial charge in [-0.15, -0.1) is 0 Å². The summed E-state index contributed by atoms with van der Waals surface area (Å²) in [5.41, 5.74) is 10.6. The number of nitrogens with two attached hydrogens (primary N) is 2. The van der Waals surface area contributed by atoms with Gasteiger partial charge in [-0.05, 0) is 12.5 Å². The molecule has 0 unspecified atom stereocenters. The molecule has 0 aromatic heterocycles. The minimum absolute atomic E-state index is 0.435. The van der Waals surface area contributed by atoms with Crippen molar-refractivity contribution in [2.45, 2.75) is 6.42 Å². The Morgan fingerprint density at radius 3 is 2.58 bits per heavy atom. The third-order valence-corrected chi connectivity index (χ3v) is 2.03. The van der Waals surface area contributed by atoms with Gasteiger partial charge >= 0.3 is 0 Å². The van der Waals surface area contributed by atoms with Crippen LogP contribution in [0.25, 0.3) is 0 Å². The summed E-state index contributed by atoms with van der Waals surface area (Å²) in [6.45, 7) is 5.54. The Kier molecular flexibility index (Phi) is 3.90. The van der Waals surface area contributed by atoms with Gasteiger partial charge in [-0.1, -0.05) is 0 Å². The van der Waals surface area contributed by atoms with Crippen molar-refractivity contribution in [1.29, 1.82) is 0 Å². The van der Waals surface area contributed by atoms with E-state index in [1.165, 1.54) is 0 Å². The normalized spacial score (nSPS) is 19.0. The summed E-state index contributed by atoms with van der Waals surface area (Å²) >= 11 is 0. The highest BCUT2D eigenvalue weighted by molar-refractivity contribution is 4.90. The molecule has 0 aromatic rings. The van der Waals surface area contributed by atoms with Gasteiger partial charge in [-0.3, -0.25) is 0 Å². The van der Waals surface area contributed by atoms with Gasteiger partial charge in [-0.25, -0.2) is 0 Å². The minimum atomic E-state index is 0.435. The Morgan fingerprint density at radius 2 is 2.00 bits per heavy atom. The third kappa shape index (κ3) is 3.59. The summed E-state index contributed by atoms with van der Waals surface area (Å²) in [6.07, 6.45) is 2.84. The van der Waals surface area contributed by atoms with Crippen LogP contribution in [0.3, 0.4) is 0 Å². The van der Waals surface area contributed by atoms with Crippen LogP contribution >= 0.6 is 0 Å². The molecule has 0 spiro atoms. The Labute approximate surface area is 73.6 Å². The predicted molar refractivity (Wildman–Crippen MR) is 50.4 cm³/mol. The lowest BCUT2D eigenvalue weighted by Gasteiger charge is -2.26. The van der Waals surface area contributed by atoms with Crippen molar-refractivity contribution in [3.8, 4) is 0 Å². The molecule has 5 N–H and O–H groups in total. The van der Waals surface area contributed by atoms with E-state index in [0.29, 0.717) is 5.82 Å². The van der Waals surface area contributed by atoms with Crippen LogP contribution < -0.4 is 16.8 Å². The van der Waals surface area contributed by atoms with Gasteiger partial charge in [-0.2, -0.15) is 0 Å². The molecule has 4 nitrogen and oxygen atoms in total. The zero-order valence-corrected chi connectivity index (χ0v) is 7.42. The van der Waals surface area contributed by atoms with Crippen molar-refractivity contribution in [3.05, 3.63) is 11.9 Å². The summed E-state index contributed by atoms with van der Waals surface area (Å²) in [4.78, 5) is 2.41. The average molecular weight is 170 g/mol. The summed E-state index contributed by atoms with van der Waals surface area (Å²) < 4.78 is 0. The molecule has 1 aliphatic rings. The highest BCUT2D eigenvalue weighted by atomic mass is 15.2. The Balaban J connectivity index is 2.09. The molecule has 1 saturated heterocycles. The van der Waals surface area contributed by atoms with Crippen LogP contribution in [0.15, 0.2) is 11.9 Å². The lowest BCUT2D eigenvalue weighted by Crippen LogP contribution is -2.43. The molecule has 1 heterocycles. The van der Waals surface area contributed by atoms with Gasteiger partial charge < -0.3 is 21.7 Å². The molecule has 0 radical (unpaired) electrons. The molecule has 0 atom stereocenters. The maximum Gasteiger partial charge on any atom is 0.0892 e. The molecule has 4 heteroatoms. The molecule has 0 amide bonds. The van der Waals surface area contributed by atoms with Gasteiger partial charge in [0.15, 0.2) is 0 Å². The highest BCUT2D eigenvalue weighted by Crippen LogP contribution is 1.94. The van der Waals surface area contributed by atoms with Crippen molar-refractivity contribution in [3.63, 3.8) is 0 Å². The molecule has 1 fully saturated rings. The van der Waals surface area contributed by atoms with E-state index in [0.717, 1.165) is 39.1 Å². The average Bonchev–Trinajstić information content (AvgIpc) is 2.05. The molecular weight excluding hydrogens is 152 g/mol. The van der Waals surface area contributed by atoms with E-state index in [1.54, 1.807) is 0 Å². The molecule has 1 aliphatic heterocycles. The van der Waals surface area contributed by atoms with Gasteiger partial charge in [0.1, 0.15) is 0 Å². The molecule has 1 rings (SSSR count). The van der Waals surface area contributed by atoms with Gasteiger partial charge in [0.05, 0.1) is 5.82 Å². The molecule has 70 valence electrons. The fraction of sp³-hybridized carbons (Fsp3) is 0.750. The SMILES string of the molecule is NC(N)=CCCN1CCNCC1. The smallest absolute Gasteiger partial charge is 0.0892 e. The molecule has 12 heavy (non-hydrogen) atoms. The first-order valence-electron chi connectivity index (χ1n) is 4.43. The van der Waals surface area contributed by atoms with Crippen LogP contribution in [0.2, 0.25) is 0 Å². The topological polar surface area (TPSA) is 67.3 Å². The lowest BCUT2D eigenvalue weighted by atomic mass is 10.3. The van der Waals surface area contributed by atoms with E-state index in [1.807, 2.05) is 6.08 Å². The van der Waals surface area contributed by atoms with Gasteiger partial charge in [0.25, 0.3) is 0 Å². The summed E-state index contributed by atoms with van der Waals surface area (Å²) in [5.74, 6) is 0.435. The van der Waals surface area contributed by atoms with E-state index < -0.39 is 0 Å². The van der Waals surface area contributed by atoms with Crippen LogP contribution in [0.4, 0.5) is 0 Å². The van der Waals surface area contributed by atoms with Crippen LogP contribution in [-0.2, 0) is 0 Å². The van der Waals surface area contributed by atoms with E-state index in [2.05, 4.69) is 10.2 Å². The largest absolute Gasteiger partial charge is 0.386 e. The Hall–Kier alpha value is -0.740. The van der Waals surface area contributed by atoms with E-state index in [4.69, 9.17) is 11.5 Å². The van der Waals surface area contributed by atoms with E-state index in [9.17, 15) is 0 Å². The number of nitrogens with zero attached hydrogens (tertiary/aromatic N) is 1. The van der Waals surface area contributed by atoms with E-state index in [-0.39, 0.29) is 0 Å². The maximum atomic E-state index is 5.32. The first-order chi connectivity index (χ1) is 5.79. The van der Waals surface area contributed by atoms with Crippen LogP contribution in [0.5, 0.6) is 0 Å². The number of hydrogen-bond acceptors (Lipinski definition) is 4. The van der Waals surface area contributed by atoms with Crippen molar-refractivity contribution in [2.24, 2.45) is 11.5 Å². The second-order valence-electron chi connectivity index (χ2n) is 3.08. The molecule has 0 bridgehead atoms. The fourth-order valence-corrected chi connectivity index (χ4v) is 1.35. The van der Waals surface area contributed by atoms with Crippen LogP contribution in [0.1, 0.15) is 6.42 Å². The zero-order valence-electron chi connectivity index (χ0n) is 7.42. The fourth-order valence-electron chi connectivity index (χ4n) is 1.35. The monoisotopic (exact) mass is 170 g/mol. The minimum Gasteiger partial charge on any atom is -0.386 e. The second-order valence-corrected chi connectivity index (χ2v) is 3.08. The highest BCUT2D eigenvalue weighted by Gasteiger charge is 2.07. The molecule has 0 aromatic carbocycles. The summed E-state index contributed by atoms with van der Waals surface area (Å²) in [7, 11) is 0. The summed E-state index contributed by atoms with van der Waals surface area (Å²) in [6, 6.07) is 0. The number of nitrogens with one attached hydrogen (secondary N) is 1. The van der Waals surface area contributed by atoms with Crippen LogP contribution in [0, 0.1) is 0 Å². The van der Waals surface area contributed by atoms with Crippen LogP contribution in [-0.4, -0.2) is 37.6 Å². The van der Waals surface area contributed by atoms with E-state index >= 15 is 0 Å². The maximum absolute atomic E-state index is 5.32. The molecular formula is C8H18N4. The number of piperazine rings is 1. The van der Waals surface area contributed by atoms with Gasteiger partial charge in [0, 0.05) is 32.7 Å². The first kappa shape index (κ1) is 9.35. The Bertz CT molecular complexity index is 145. The second kappa shape index (κ2) is 5.00. The van der Waals surface area contributed by atoms with Crippen molar-refractivity contribution in [1.82, 2.24) is 10.2 Å². The summed E-state index contributed by atoms with van der Waals surface area (Å²) in [5, 5.41) is 3.31. The van der Waals surface area contributed by atoms with Crippen molar-refractivity contribution in [2.75, 3.05) is 32.7 Å². The zero-order chi connectivity index (χ0) is 8.81. The number of hydrogen-bond donors (Lipinski definition) is 3. The predicted octanol–water partition coefficient (Wildman–Crippen LogP) is -0.959. The lowest BCUT2D eigenvalue weighted by molar-refractivity contribution is 0.245. The van der Waals surface area contributed by atoms with Crippen molar-refractivity contribution >= 4 is 0 Å². The number of rotatable bonds is 3. The third-order valence-electron chi connectivity index (χ3n) is 2.03. The molecule has 0 aliphatic carbocycles. The molecule has 0 saturated carbocycles. The van der Waals surface area contributed by atoms with Gasteiger partial charge in [0.2, 0.25) is 0 Å². The Morgan fingerprint density at radius 1 is 1.33 bits per heavy atom. The van der Waals surface area contributed by atoms with Crippen molar-refractivity contribution < 1.29 is 0 Å². The quantitative estimate of drug-likeness (QED) is 0.510. The standard InChI is InChI=1S/C8H18N4/c9-8(10)2-1-5-12-6-3-11-4-7-12/h2,11H,1,3-7,9-10H2. The first-order valence-corrected chi connectivity index (χ1v) is 4.43.